The SMILES string of the molecule is NC(=O)c1ccc(C(=O)O)cc1NN1CCCCC1. The highest BCUT2D eigenvalue weighted by Crippen LogP contribution is 2.20. The molecular formula is C13H17N3O3. The van der Waals surface area contributed by atoms with Crippen LogP contribution in [0.1, 0.15) is 40.0 Å². The Hall–Kier alpha value is -2.08. The zero-order valence-corrected chi connectivity index (χ0v) is 10.6. The third kappa shape index (κ3) is 3.23. The summed E-state index contributed by atoms with van der Waals surface area (Å²) in [4.78, 5) is 22.3. The number of hydrogen-bond donors (Lipinski definition) is 3. The molecule has 0 aromatic heterocycles. The van der Waals surface area contributed by atoms with Crippen LogP contribution in [0.4, 0.5) is 5.69 Å². The fraction of sp³-hybridized carbons (Fsp3) is 0.385. The van der Waals surface area contributed by atoms with Gasteiger partial charge in [-0.05, 0) is 31.0 Å². The third-order valence-electron chi connectivity index (χ3n) is 3.17. The monoisotopic (exact) mass is 263 g/mol. The summed E-state index contributed by atoms with van der Waals surface area (Å²) in [5.74, 6) is -1.60. The number of nitrogens with one attached hydrogen (secondary N) is 1. The van der Waals surface area contributed by atoms with Gasteiger partial charge in [0.15, 0.2) is 0 Å². The molecule has 0 spiro atoms. The Labute approximate surface area is 111 Å². The fourth-order valence-corrected chi connectivity index (χ4v) is 2.16. The van der Waals surface area contributed by atoms with Crippen molar-refractivity contribution in [2.75, 3.05) is 18.5 Å². The van der Waals surface area contributed by atoms with Crippen molar-refractivity contribution in [3.63, 3.8) is 0 Å². The third-order valence-corrected chi connectivity index (χ3v) is 3.17. The first-order chi connectivity index (χ1) is 9.08. The number of amides is 1. The van der Waals surface area contributed by atoms with Gasteiger partial charge in [-0.15, -0.1) is 0 Å². The highest BCUT2D eigenvalue weighted by molar-refractivity contribution is 6.00. The quantitative estimate of drug-likeness (QED) is 0.761. The van der Waals surface area contributed by atoms with E-state index in [2.05, 4.69) is 5.43 Å². The fourth-order valence-electron chi connectivity index (χ4n) is 2.16. The molecule has 1 heterocycles. The minimum absolute atomic E-state index is 0.129. The number of primary amides is 1. The van der Waals surface area contributed by atoms with Crippen LogP contribution < -0.4 is 11.2 Å². The van der Waals surface area contributed by atoms with Gasteiger partial charge in [-0.1, -0.05) is 6.42 Å². The van der Waals surface area contributed by atoms with Gasteiger partial charge in [0.05, 0.1) is 16.8 Å². The van der Waals surface area contributed by atoms with Crippen LogP contribution >= 0.6 is 0 Å². The first-order valence-electron chi connectivity index (χ1n) is 6.26. The molecule has 6 nitrogen and oxygen atoms in total. The number of carbonyl (C=O) groups excluding carboxylic acids is 1. The number of carboxylic acid groups (broad SMARTS) is 1. The van der Waals surface area contributed by atoms with Crippen molar-refractivity contribution in [1.29, 1.82) is 0 Å². The van der Waals surface area contributed by atoms with Crippen molar-refractivity contribution < 1.29 is 14.7 Å². The van der Waals surface area contributed by atoms with Crippen LogP contribution in [0, 0.1) is 0 Å². The van der Waals surface area contributed by atoms with Crippen molar-refractivity contribution in [3.05, 3.63) is 29.3 Å². The van der Waals surface area contributed by atoms with E-state index in [1.807, 2.05) is 5.01 Å². The lowest BCUT2D eigenvalue weighted by Crippen LogP contribution is -2.35. The summed E-state index contributed by atoms with van der Waals surface area (Å²) in [5.41, 5.74) is 9.28. The topological polar surface area (TPSA) is 95.7 Å². The summed E-state index contributed by atoms with van der Waals surface area (Å²) < 4.78 is 0. The number of benzene rings is 1. The second-order valence-electron chi connectivity index (χ2n) is 4.59. The van der Waals surface area contributed by atoms with Crippen LogP contribution in [0.5, 0.6) is 0 Å². The van der Waals surface area contributed by atoms with Crippen molar-refractivity contribution in [3.8, 4) is 0 Å². The number of nitrogens with zero attached hydrogens (tertiary/aromatic N) is 1. The van der Waals surface area contributed by atoms with E-state index >= 15 is 0 Å². The lowest BCUT2D eigenvalue weighted by molar-refractivity contribution is 0.0696. The minimum Gasteiger partial charge on any atom is -0.478 e. The van der Waals surface area contributed by atoms with Crippen molar-refractivity contribution in [2.24, 2.45) is 5.73 Å². The summed E-state index contributed by atoms with van der Waals surface area (Å²) in [6, 6.07) is 4.26. The number of hydrazine groups is 1. The summed E-state index contributed by atoms with van der Waals surface area (Å²) in [6.45, 7) is 1.74. The summed E-state index contributed by atoms with van der Waals surface area (Å²) >= 11 is 0. The first kappa shape index (κ1) is 13.4. The number of anilines is 1. The van der Waals surface area contributed by atoms with Crippen molar-refractivity contribution in [2.45, 2.75) is 19.3 Å². The minimum atomic E-state index is -1.03. The van der Waals surface area contributed by atoms with Crippen molar-refractivity contribution in [1.82, 2.24) is 5.01 Å². The van der Waals surface area contributed by atoms with Gasteiger partial charge in [0, 0.05) is 13.1 Å². The van der Waals surface area contributed by atoms with E-state index in [1.54, 1.807) is 0 Å². The number of piperidine rings is 1. The van der Waals surface area contributed by atoms with Gasteiger partial charge < -0.3 is 16.3 Å². The number of carboxylic acids is 1. The summed E-state index contributed by atoms with van der Waals surface area (Å²) in [6.07, 6.45) is 3.35. The lowest BCUT2D eigenvalue weighted by Gasteiger charge is -2.28. The summed E-state index contributed by atoms with van der Waals surface area (Å²) in [7, 11) is 0. The van der Waals surface area contributed by atoms with Gasteiger partial charge in [0.25, 0.3) is 5.91 Å². The van der Waals surface area contributed by atoms with E-state index in [9.17, 15) is 9.59 Å². The molecule has 0 aliphatic carbocycles. The molecule has 1 fully saturated rings. The second kappa shape index (κ2) is 5.71. The van der Waals surface area contributed by atoms with E-state index in [0.29, 0.717) is 11.3 Å². The van der Waals surface area contributed by atoms with Crippen LogP contribution in [0.2, 0.25) is 0 Å². The van der Waals surface area contributed by atoms with E-state index < -0.39 is 11.9 Å². The molecule has 0 unspecified atom stereocenters. The number of carbonyl (C=O) groups is 2. The summed E-state index contributed by atoms with van der Waals surface area (Å²) in [5, 5.41) is 11.0. The molecule has 1 saturated heterocycles. The van der Waals surface area contributed by atoms with E-state index in [-0.39, 0.29) is 5.56 Å². The van der Waals surface area contributed by atoms with Crippen LogP contribution in [-0.2, 0) is 0 Å². The number of rotatable bonds is 4. The normalized spacial score (nSPS) is 16.0. The van der Waals surface area contributed by atoms with Crippen molar-refractivity contribution >= 4 is 17.6 Å². The van der Waals surface area contributed by atoms with Gasteiger partial charge in [0.1, 0.15) is 0 Å². The Morgan fingerprint density at radius 1 is 1.21 bits per heavy atom. The molecule has 6 heteroatoms. The molecule has 1 aromatic rings. The van der Waals surface area contributed by atoms with Crippen LogP contribution in [0.25, 0.3) is 0 Å². The van der Waals surface area contributed by atoms with Crippen LogP contribution in [-0.4, -0.2) is 35.1 Å². The maximum atomic E-state index is 11.4. The molecule has 0 saturated carbocycles. The van der Waals surface area contributed by atoms with Gasteiger partial charge in [-0.25, -0.2) is 9.80 Å². The largest absolute Gasteiger partial charge is 0.478 e. The van der Waals surface area contributed by atoms with Gasteiger partial charge >= 0.3 is 5.97 Å². The Morgan fingerprint density at radius 3 is 2.47 bits per heavy atom. The molecule has 1 aliphatic heterocycles. The molecule has 1 aliphatic rings. The average Bonchev–Trinajstić information content (AvgIpc) is 2.39. The Bertz CT molecular complexity index is 496. The second-order valence-corrected chi connectivity index (χ2v) is 4.59. The Morgan fingerprint density at radius 2 is 1.89 bits per heavy atom. The smallest absolute Gasteiger partial charge is 0.335 e. The Kier molecular flexibility index (Phi) is 4.01. The molecule has 4 N–H and O–H groups in total. The maximum Gasteiger partial charge on any atom is 0.335 e. The molecule has 2 rings (SSSR count). The molecular weight excluding hydrogens is 246 g/mol. The predicted octanol–water partition coefficient (Wildman–Crippen LogP) is 1.30. The van der Waals surface area contributed by atoms with Crippen LogP contribution in [0.15, 0.2) is 18.2 Å². The maximum absolute atomic E-state index is 11.4. The molecule has 0 radical (unpaired) electrons. The van der Waals surface area contributed by atoms with Gasteiger partial charge in [-0.2, -0.15) is 0 Å². The predicted molar refractivity (Wildman–Crippen MR) is 71.0 cm³/mol. The Balaban J connectivity index is 2.26. The lowest BCUT2D eigenvalue weighted by atomic mass is 10.1. The number of hydrogen-bond acceptors (Lipinski definition) is 4. The van der Waals surface area contributed by atoms with Gasteiger partial charge in [-0.3, -0.25) is 4.79 Å². The molecule has 19 heavy (non-hydrogen) atoms. The molecule has 1 amide bonds. The molecule has 1 aromatic carbocycles. The first-order valence-corrected chi connectivity index (χ1v) is 6.26. The highest BCUT2D eigenvalue weighted by atomic mass is 16.4. The zero-order chi connectivity index (χ0) is 13.8. The number of nitrogens with two attached hydrogens (primary N) is 1. The van der Waals surface area contributed by atoms with E-state index in [4.69, 9.17) is 10.8 Å². The average molecular weight is 263 g/mol. The van der Waals surface area contributed by atoms with Gasteiger partial charge in [0.2, 0.25) is 0 Å². The molecule has 102 valence electrons. The number of aromatic carboxylic acids is 1. The molecule has 0 bridgehead atoms. The highest BCUT2D eigenvalue weighted by Gasteiger charge is 2.16. The van der Waals surface area contributed by atoms with E-state index in [0.717, 1.165) is 25.9 Å². The zero-order valence-electron chi connectivity index (χ0n) is 10.6. The van der Waals surface area contributed by atoms with E-state index in [1.165, 1.54) is 24.6 Å². The van der Waals surface area contributed by atoms with Crippen LogP contribution in [0.3, 0.4) is 0 Å². The standard InChI is InChI=1S/C13H17N3O3/c14-12(17)10-5-4-9(13(18)19)8-11(10)15-16-6-2-1-3-7-16/h4-5,8,15H,1-3,6-7H2,(H2,14,17)(H,18,19). The molecule has 0 atom stereocenters.